The van der Waals surface area contributed by atoms with Crippen LogP contribution in [0.1, 0.15) is 45.4 Å². The molecule has 2 fully saturated rings. The minimum atomic E-state index is -1.21. The van der Waals surface area contributed by atoms with E-state index in [0.29, 0.717) is 0 Å². The van der Waals surface area contributed by atoms with Crippen LogP contribution in [-0.4, -0.2) is 64.0 Å². The summed E-state index contributed by atoms with van der Waals surface area (Å²) in [7, 11) is 0. The second-order valence-electron chi connectivity index (χ2n) is 8.33. The smallest absolute Gasteiger partial charge is 0.323 e. The fraction of sp³-hybridized carbons (Fsp3) is 0.545. The summed E-state index contributed by atoms with van der Waals surface area (Å²) in [4.78, 5) is 52.1. The van der Waals surface area contributed by atoms with Gasteiger partial charge in [-0.1, -0.05) is 25.3 Å². The zero-order valence-electron chi connectivity index (χ0n) is 18.1. The molecular formula is C22H29FN4O5. The van der Waals surface area contributed by atoms with Gasteiger partial charge in [0.2, 0.25) is 5.91 Å². The van der Waals surface area contributed by atoms with Gasteiger partial charge in [-0.3, -0.25) is 19.3 Å². The Morgan fingerprint density at radius 3 is 2.44 bits per heavy atom. The van der Waals surface area contributed by atoms with Gasteiger partial charge in [0.25, 0.3) is 5.91 Å². The van der Waals surface area contributed by atoms with E-state index < -0.39 is 35.9 Å². The number of rotatable bonds is 6. The lowest BCUT2D eigenvalue weighted by Crippen LogP contribution is -2.57. The number of hydrogen-bond donors (Lipinski definition) is 3. The van der Waals surface area contributed by atoms with E-state index in [0.717, 1.165) is 38.2 Å². The maximum absolute atomic E-state index is 13.5. The molecule has 1 saturated heterocycles. The number of benzene rings is 1. The topological polar surface area (TPSA) is 119 Å². The Morgan fingerprint density at radius 2 is 1.81 bits per heavy atom. The number of urea groups is 1. The summed E-state index contributed by atoms with van der Waals surface area (Å²) >= 11 is 0. The third-order valence-corrected chi connectivity index (χ3v) is 6.09. The highest BCUT2D eigenvalue weighted by Crippen LogP contribution is 2.28. The van der Waals surface area contributed by atoms with Crippen LogP contribution in [0.25, 0.3) is 0 Å². The van der Waals surface area contributed by atoms with Gasteiger partial charge in [0, 0.05) is 31.7 Å². The summed E-state index contributed by atoms with van der Waals surface area (Å²) in [5.74, 6) is -2.47. The van der Waals surface area contributed by atoms with Crippen molar-refractivity contribution in [1.29, 1.82) is 0 Å². The SMILES string of the molecule is CC(=O)N1CCN(C(=O)Nc2cccc(F)c2)C1C(=O)NC(CC(=O)O)C1CCCCC1. The highest BCUT2D eigenvalue weighted by molar-refractivity contribution is 5.96. The Kier molecular flexibility index (Phi) is 7.66. The Bertz CT molecular complexity index is 874. The predicted octanol–water partition coefficient (Wildman–Crippen LogP) is 2.39. The normalized spacial score (nSPS) is 20.0. The van der Waals surface area contributed by atoms with E-state index >= 15 is 0 Å². The fourth-order valence-electron chi connectivity index (χ4n) is 4.53. The molecule has 0 radical (unpaired) electrons. The van der Waals surface area contributed by atoms with E-state index in [1.54, 1.807) is 0 Å². The van der Waals surface area contributed by atoms with Crippen molar-refractivity contribution in [3.05, 3.63) is 30.1 Å². The van der Waals surface area contributed by atoms with Gasteiger partial charge < -0.3 is 20.6 Å². The van der Waals surface area contributed by atoms with Gasteiger partial charge in [-0.25, -0.2) is 9.18 Å². The van der Waals surface area contributed by atoms with Gasteiger partial charge in [-0.05, 0) is 37.0 Å². The van der Waals surface area contributed by atoms with E-state index in [2.05, 4.69) is 10.6 Å². The molecule has 4 amide bonds. The number of carbonyl (C=O) groups excluding carboxylic acids is 3. The van der Waals surface area contributed by atoms with Crippen LogP contribution < -0.4 is 10.6 Å². The molecule has 1 aliphatic carbocycles. The van der Waals surface area contributed by atoms with Crippen molar-refractivity contribution >= 4 is 29.5 Å². The number of hydrogen-bond acceptors (Lipinski definition) is 4. The van der Waals surface area contributed by atoms with Crippen molar-refractivity contribution in [2.45, 2.75) is 57.7 Å². The van der Waals surface area contributed by atoms with Crippen molar-refractivity contribution < 1.29 is 28.7 Å². The lowest BCUT2D eigenvalue weighted by molar-refractivity contribution is -0.142. The van der Waals surface area contributed by atoms with Crippen LogP contribution in [0.3, 0.4) is 0 Å². The first kappa shape index (κ1) is 23.5. The number of nitrogens with zero attached hydrogens (tertiary/aromatic N) is 2. The summed E-state index contributed by atoms with van der Waals surface area (Å²) in [6.07, 6.45) is 3.24. The Hall–Kier alpha value is -3.17. The minimum Gasteiger partial charge on any atom is -0.481 e. The third-order valence-electron chi connectivity index (χ3n) is 6.09. The Balaban J connectivity index is 1.77. The van der Waals surface area contributed by atoms with Gasteiger partial charge in [0.1, 0.15) is 5.82 Å². The summed E-state index contributed by atoms with van der Waals surface area (Å²) in [5, 5.41) is 14.7. The molecule has 2 unspecified atom stereocenters. The average molecular weight is 448 g/mol. The molecular weight excluding hydrogens is 419 g/mol. The number of anilines is 1. The van der Waals surface area contributed by atoms with Crippen molar-refractivity contribution in [3.63, 3.8) is 0 Å². The minimum absolute atomic E-state index is 0.0329. The zero-order chi connectivity index (χ0) is 23.3. The van der Waals surface area contributed by atoms with Crippen molar-refractivity contribution in [1.82, 2.24) is 15.1 Å². The molecule has 1 saturated carbocycles. The number of aliphatic carboxylic acids is 1. The molecule has 3 rings (SSSR count). The van der Waals surface area contributed by atoms with Crippen molar-refractivity contribution in [2.75, 3.05) is 18.4 Å². The Morgan fingerprint density at radius 1 is 1.12 bits per heavy atom. The van der Waals surface area contributed by atoms with E-state index in [4.69, 9.17) is 0 Å². The molecule has 1 aromatic rings. The highest BCUT2D eigenvalue weighted by Gasteiger charge is 2.43. The first-order chi connectivity index (χ1) is 15.3. The number of halogens is 1. The van der Waals surface area contributed by atoms with Crippen LogP contribution in [-0.2, 0) is 14.4 Å². The number of nitrogens with one attached hydrogen (secondary N) is 2. The first-order valence-corrected chi connectivity index (χ1v) is 10.9. The van der Waals surface area contributed by atoms with Gasteiger partial charge in [0.15, 0.2) is 6.17 Å². The number of carbonyl (C=O) groups is 4. The lowest BCUT2D eigenvalue weighted by Gasteiger charge is -2.34. The van der Waals surface area contributed by atoms with Crippen molar-refractivity contribution in [3.8, 4) is 0 Å². The second-order valence-corrected chi connectivity index (χ2v) is 8.33. The number of carboxylic acid groups (broad SMARTS) is 1. The standard InChI is InChI=1S/C22H29FN4O5/c1-14(28)26-10-11-27(22(32)24-17-9-5-8-16(23)12-17)21(26)20(31)25-18(13-19(29)30)15-6-3-2-4-7-15/h5,8-9,12,15,18,21H,2-4,6-7,10-11,13H2,1H3,(H,24,32)(H,25,31)(H,29,30). The third kappa shape index (κ3) is 5.74. The average Bonchev–Trinajstić information content (AvgIpc) is 3.19. The largest absolute Gasteiger partial charge is 0.481 e. The monoisotopic (exact) mass is 448 g/mol. The number of amides is 4. The van der Waals surface area contributed by atoms with E-state index in [1.165, 1.54) is 34.9 Å². The summed E-state index contributed by atoms with van der Waals surface area (Å²) in [6, 6.07) is 4.13. The molecule has 2 aliphatic rings. The summed E-state index contributed by atoms with van der Waals surface area (Å²) in [6.45, 7) is 1.59. The summed E-state index contributed by atoms with van der Waals surface area (Å²) < 4.78 is 13.5. The molecule has 1 aliphatic heterocycles. The molecule has 32 heavy (non-hydrogen) atoms. The molecule has 1 aromatic carbocycles. The molecule has 0 aromatic heterocycles. The van der Waals surface area contributed by atoms with Gasteiger partial charge in [0.05, 0.1) is 6.42 Å². The van der Waals surface area contributed by atoms with Crippen LogP contribution in [0.4, 0.5) is 14.9 Å². The fourth-order valence-corrected chi connectivity index (χ4v) is 4.53. The van der Waals surface area contributed by atoms with Crippen LogP contribution >= 0.6 is 0 Å². The number of carboxylic acids is 1. The van der Waals surface area contributed by atoms with Gasteiger partial charge >= 0.3 is 12.0 Å². The molecule has 9 nitrogen and oxygen atoms in total. The predicted molar refractivity (Wildman–Crippen MR) is 114 cm³/mol. The molecule has 1 heterocycles. The van der Waals surface area contributed by atoms with E-state index in [1.807, 2.05) is 0 Å². The van der Waals surface area contributed by atoms with Gasteiger partial charge in [-0.15, -0.1) is 0 Å². The maximum atomic E-state index is 13.5. The molecule has 10 heteroatoms. The molecule has 3 N–H and O–H groups in total. The van der Waals surface area contributed by atoms with Crippen molar-refractivity contribution in [2.24, 2.45) is 5.92 Å². The van der Waals surface area contributed by atoms with Gasteiger partial charge in [-0.2, -0.15) is 0 Å². The van der Waals surface area contributed by atoms with Crippen LogP contribution in [0.2, 0.25) is 0 Å². The Labute approximate surface area is 185 Å². The highest BCUT2D eigenvalue weighted by atomic mass is 19.1. The van der Waals surface area contributed by atoms with E-state index in [-0.39, 0.29) is 37.0 Å². The maximum Gasteiger partial charge on any atom is 0.323 e. The quantitative estimate of drug-likeness (QED) is 0.617. The zero-order valence-corrected chi connectivity index (χ0v) is 18.1. The molecule has 0 bridgehead atoms. The van der Waals surface area contributed by atoms with E-state index in [9.17, 15) is 28.7 Å². The lowest BCUT2D eigenvalue weighted by atomic mass is 9.82. The van der Waals surface area contributed by atoms with Crippen LogP contribution in [0, 0.1) is 11.7 Å². The summed E-state index contributed by atoms with van der Waals surface area (Å²) in [5.41, 5.74) is 0.224. The van der Waals surface area contributed by atoms with Crippen LogP contribution in [0.5, 0.6) is 0 Å². The second kappa shape index (κ2) is 10.4. The molecule has 0 spiro atoms. The molecule has 2 atom stereocenters. The van der Waals surface area contributed by atoms with Crippen LogP contribution in [0.15, 0.2) is 24.3 Å². The first-order valence-electron chi connectivity index (χ1n) is 10.9. The molecule has 174 valence electrons.